The number of halogens is 4. The highest BCUT2D eigenvalue weighted by molar-refractivity contribution is 6.32. The van der Waals surface area contributed by atoms with Crippen molar-refractivity contribution in [3.05, 3.63) is 101 Å². The minimum absolute atomic E-state index is 0.0544. The maximum absolute atomic E-state index is 12.3. The van der Waals surface area contributed by atoms with Gasteiger partial charge in [-0.3, -0.25) is 4.79 Å². The molecule has 4 aromatic rings. The maximum Gasteiger partial charge on any atom is 0.573 e. The number of aromatic hydroxyl groups is 1. The molecule has 2 N–H and O–H groups in total. The van der Waals surface area contributed by atoms with E-state index in [1.165, 1.54) is 48.7 Å². The van der Waals surface area contributed by atoms with Crippen molar-refractivity contribution < 1.29 is 32.5 Å². The number of amides is 1. The number of hydrogen-bond acceptors (Lipinski definition) is 5. The normalized spacial score (nSPS) is 11.6. The maximum atomic E-state index is 12.3. The standard InChI is InChI=1S/C26H18ClF3N2O4/c27-22-13-17(7-11-23(22)33)25(34)32-31-14-18-8-12-24(21-4-2-1-3-20(18)21)35-15-16-5-9-19(10-6-16)36-26(28,29)30/h1-14,33H,15H2,(H,32,34). The number of hydrazone groups is 1. The number of rotatable bonds is 7. The van der Waals surface area contributed by atoms with Crippen molar-refractivity contribution in [1.82, 2.24) is 5.43 Å². The van der Waals surface area contributed by atoms with Crippen LogP contribution in [0.3, 0.4) is 0 Å². The molecule has 0 fully saturated rings. The number of fused-ring (bicyclic) bond motifs is 1. The van der Waals surface area contributed by atoms with Gasteiger partial charge < -0.3 is 14.6 Å². The van der Waals surface area contributed by atoms with Crippen molar-refractivity contribution in [2.24, 2.45) is 5.10 Å². The van der Waals surface area contributed by atoms with Gasteiger partial charge in [0.2, 0.25) is 0 Å². The lowest BCUT2D eigenvalue weighted by molar-refractivity contribution is -0.274. The zero-order valence-electron chi connectivity index (χ0n) is 18.4. The Balaban J connectivity index is 1.45. The Morgan fingerprint density at radius 2 is 1.72 bits per heavy atom. The molecule has 0 aromatic heterocycles. The van der Waals surface area contributed by atoms with Crippen LogP contribution in [0.2, 0.25) is 5.02 Å². The Hall–Kier alpha value is -4.24. The van der Waals surface area contributed by atoms with Crippen molar-refractivity contribution in [1.29, 1.82) is 0 Å². The molecule has 0 aliphatic heterocycles. The zero-order valence-corrected chi connectivity index (χ0v) is 19.2. The van der Waals surface area contributed by atoms with Crippen LogP contribution in [0.5, 0.6) is 17.2 Å². The number of ether oxygens (including phenoxy) is 2. The molecule has 6 nitrogen and oxygen atoms in total. The highest BCUT2D eigenvalue weighted by atomic mass is 35.5. The van der Waals surface area contributed by atoms with Crippen LogP contribution in [-0.4, -0.2) is 23.6 Å². The largest absolute Gasteiger partial charge is 0.573 e. The monoisotopic (exact) mass is 514 g/mol. The van der Waals surface area contributed by atoms with Gasteiger partial charge in [-0.15, -0.1) is 13.2 Å². The van der Waals surface area contributed by atoms with Gasteiger partial charge in [0.05, 0.1) is 11.2 Å². The molecule has 0 unspecified atom stereocenters. The first-order chi connectivity index (χ1) is 17.2. The van der Waals surface area contributed by atoms with Gasteiger partial charge in [0.1, 0.15) is 23.9 Å². The van der Waals surface area contributed by atoms with Crippen LogP contribution in [0.25, 0.3) is 10.8 Å². The Morgan fingerprint density at radius 3 is 2.42 bits per heavy atom. The lowest BCUT2D eigenvalue weighted by Crippen LogP contribution is -2.17. The van der Waals surface area contributed by atoms with E-state index in [-0.39, 0.29) is 28.7 Å². The Kier molecular flexibility index (Phi) is 7.30. The fraction of sp³-hybridized carbons (Fsp3) is 0.0769. The van der Waals surface area contributed by atoms with Crippen LogP contribution in [0.1, 0.15) is 21.5 Å². The van der Waals surface area contributed by atoms with Crippen molar-refractivity contribution >= 4 is 34.5 Å². The second-order valence-corrected chi connectivity index (χ2v) is 7.95. The minimum atomic E-state index is -4.75. The van der Waals surface area contributed by atoms with Crippen LogP contribution in [-0.2, 0) is 6.61 Å². The Labute approximate surface area is 208 Å². The number of nitrogens with one attached hydrogen (secondary N) is 1. The molecule has 0 spiro atoms. The first-order valence-electron chi connectivity index (χ1n) is 10.5. The first kappa shape index (κ1) is 24.9. The highest BCUT2D eigenvalue weighted by Crippen LogP contribution is 2.29. The molecule has 10 heteroatoms. The summed E-state index contributed by atoms with van der Waals surface area (Å²) in [5.74, 6) is -0.357. The second kappa shape index (κ2) is 10.6. The van der Waals surface area contributed by atoms with Crippen LogP contribution in [0.15, 0.2) is 84.0 Å². The molecule has 0 atom stereocenters. The molecule has 0 heterocycles. The van der Waals surface area contributed by atoms with E-state index < -0.39 is 12.3 Å². The molecule has 1 amide bonds. The van der Waals surface area contributed by atoms with E-state index in [1.807, 2.05) is 24.3 Å². The summed E-state index contributed by atoms with van der Waals surface area (Å²) in [5, 5.41) is 15.1. The lowest BCUT2D eigenvalue weighted by atomic mass is 10.0. The number of phenolic OH excluding ortho intramolecular Hbond substituents is 1. The van der Waals surface area contributed by atoms with Gasteiger partial charge in [0, 0.05) is 16.5 Å². The fourth-order valence-electron chi connectivity index (χ4n) is 3.35. The van der Waals surface area contributed by atoms with Crippen LogP contribution < -0.4 is 14.9 Å². The molecule has 0 radical (unpaired) electrons. The molecule has 184 valence electrons. The summed E-state index contributed by atoms with van der Waals surface area (Å²) in [6.07, 6.45) is -3.25. The third-order valence-corrected chi connectivity index (χ3v) is 5.35. The zero-order chi connectivity index (χ0) is 25.7. The summed E-state index contributed by atoms with van der Waals surface area (Å²) in [6, 6.07) is 20.4. The molecule has 0 bridgehead atoms. The molecule has 4 rings (SSSR count). The Bertz CT molecular complexity index is 1420. The number of hydrogen-bond donors (Lipinski definition) is 2. The molecular formula is C26H18ClF3N2O4. The number of nitrogens with zero attached hydrogens (tertiary/aromatic N) is 1. The highest BCUT2D eigenvalue weighted by Gasteiger charge is 2.30. The summed E-state index contributed by atoms with van der Waals surface area (Å²) in [4.78, 5) is 12.3. The summed E-state index contributed by atoms with van der Waals surface area (Å²) in [6.45, 7) is 0.134. The van der Waals surface area contributed by atoms with Gasteiger partial charge >= 0.3 is 6.36 Å². The van der Waals surface area contributed by atoms with Gasteiger partial charge in [-0.25, -0.2) is 5.43 Å². The smallest absolute Gasteiger partial charge is 0.506 e. The molecular weight excluding hydrogens is 497 g/mol. The summed E-state index contributed by atoms with van der Waals surface area (Å²) < 4.78 is 46.8. The van der Waals surface area contributed by atoms with Gasteiger partial charge in [-0.05, 0) is 53.4 Å². The third-order valence-electron chi connectivity index (χ3n) is 5.05. The van der Waals surface area contributed by atoms with Gasteiger partial charge in [-0.2, -0.15) is 5.10 Å². The average Bonchev–Trinajstić information content (AvgIpc) is 2.85. The third kappa shape index (κ3) is 6.25. The summed E-state index contributed by atoms with van der Waals surface area (Å²) in [5.41, 5.74) is 4.04. The molecule has 0 aliphatic rings. The molecule has 0 saturated carbocycles. The van der Waals surface area contributed by atoms with Crippen LogP contribution in [0, 0.1) is 0 Å². The molecule has 0 saturated heterocycles. The predicted octanol–water partition coefficient (Wildman–Crippen LogP) is 6.44. The van der Waals surface area contributed by atoms with Crippen molar-refractivity contribution in [3.63, 3.8) is 0 Å². The van der Waals surface area contributed by atoms with Gasteiger partial charge in [0.15, 0.2) is 0 Å². The number of carbonyl (C=O) groups is 1. The van der Waals surface area contributed by atoms with Gasteiger partial charge in [-0.1, -0.05) is 48.0 Å². The fourth-order valence-corrected chi connectivity index (χ4v) is 3.54. The number of phenols is 1. The quantitative estimate of drug-likeness (QED) is 0.220. The molecule has 0 aliphatic carbocycles. The van der Waals surface area contributed by atoms with E-state index in [2.05, 4.69) is 15.3 Å². The van der Waals surface area contributed by atoms with E-state index >= 15 is 0 Å². The van der Waals surface area contributed by atoms with Crippen molar-refractivity contribution in [2.75, 3.05) is 0 Å². The molecule has 4 aromatic carbocycles. The SMILES string of the molecule is O=C(NN=Cc1ccc(OCc2ccc(OC(F)(F)F)cc2)c2ccccc12)c1ccc(O)c(Cl)c1. The topological polar surface area (TPSA) is 80.2 Å². The second-order valence-electron chi connectivity index (χ2n) is 7.54. The van der Waals surface area contributed by atoms with E-state index in [0.29, 0.717) is 11.3 Å². The Morgan fingerprint density at radius 1 is 1.00 bits per heavy atom. The molecule has 36 heavy (non-hydrogen) atoms. The predicted molar refractivity (Wildman–Crippen MR) is 130 cm³/mol. The van der Waals surface area contributed by atoms with E-state index in [1.54, 1.807) is 12.1 Å². The van der Waals surface area contributed by atoms with Crippen molar-refractivity contribution in [2.45, 2.75) is 13.0 Å². The van der Waals surface area contributed by atoms with E-state index in [9.17, 15) is 23.1 Å². The van der Waals surface area contributed by atoms with Crippen LogP contribution >= 0.6 is 11.6 Å². The summed E-state index contributed by atoms with van der Waals surface area (Å²) in [7, 11) is 0. The van der Waals surface area contributed by atoms with Crippen LogP contribution in [0.4, 0.5) is 13.2 Å². The average molecular weight is 515 g/mol. The van der Waals surface area contributed by atoms with E-state index in [0.717, 1.165) is 16.3 Å². The first-order valence-corrected chi connectivity index (χ1v) is 10.9. The number of alkyl halides is 3. The van der Waals surface area contributed by atoms with Gasteiger partial charge in [0.25, 0.3) is 5.91 Å². The number of carbonyl (C=O) groups excluding carboxylic acids is 1. The number of benzene rings is 4. The van der Waals surface area contributed by atoms with E-state index in [4.69, 9.17) is 16.3 Å². The minimum Gasteiger partial charge on any atom is -0.506 e. The van der Waals surface area contributed by atoms with Crippen molar-refractivity contribution in [3.8, 4) is 17.2 Å². The summed E-state index contributed by atoms with van der Waals surface area (Å²) >= 11 is 5.84. The lowest BCUT2D eigenvalue weighted by Gasteiger charge is -2.12.